The highest BCUT2D eigenvalue weighted by molar-refractivity contribution is 5.91. The molecule has 0 unspecified atom stereocenters. The van der Waals surface area contributed by atoms with Crippen molar-refractivity contribution in [3.05, 3.63) is 66.5 Å². The molecular weight excluding hydrogens is 518 g/mol. The molecule has 1 spiro atoms. The molecule has 6 rings (SSSR count). The average Bonchev–Trinajstić information content (AvgIpc) is 3.33. The van der Waals surface area contributed by atoms with Crippen LogP contribution in [-0.4, -0.2) is 51.7 Å². The quantitative estimate of drug-likeness (QED) is 0.179. The van der Waals surface area contributed by atoms with Gasteiger partial charge in [-0.05, 0) is 88.8 Å². The Labute approximate surface area is 239 Å². The van der Waals surface area contributed by atoms with Crippen LogP contribution in [0.1, 0.15) is 79.7 Å². The molecule has 1 aromatic carbocycles. The number of aryl methyl sites for hydroxylation is 1. The number of aromatic nitrogens is 3. The molecule has 1 saturated carbocycles. The lowest BCUT2D eigenvalue weighted by molar-refractivity contribution is -0.124. The molecule has 0 bridgehead atoms. The zero-order valence-electron chi connectivity index (χ0n) is 23.8. The SMILES string of the molecule is Cc1ccc2cc(-c3cnc([C@H](CCCCCC(=O)c4ncco4)NC(=O)[C@H]4CC45CCN(C)CC5)o3)ccc2n1. The number of oxazole rings is 2. The fourth-order valence-corrected chi connectivity index (χ4v) is 6.11. The number of unbranched alkanes of at least 4 members (excludes halogenated alkanes) is 2. The molecule has 4 heterocycles. The van der Waals surface area contributed by atoms with Crippen LogP contribution >= 0.6 is 0 Å². The maximum absolute atomic E-state index is 13.4. The van der Waals surface area contributed by atoms with E-state index in [9.17, 15) is 9.59 Å². The highest BCUT2D eigenvalue weighted by Crippen LogP contribution is 2.59. The second kappa shape index (κ2) is 11.6. The number of nitrogens with zero attached hydrogens (tertiary/aromatic N) is 4. The maximum Gasteiger partial charge on any atom is 0.263 e. The number of hydrogen-bond acceptors (Lipinski definition) is 8. The van der Waals surface area contributed by atoms with Crippen LogP contribution in [0.5, 0.6) is 0 Å². The highest BCUT2D eigenvalue weighted by Gasteiger charge is 2.58. The van der Waals surface area contributed by atoms with Crippen molar-refractivity contribution in [3.8, 4) is 11.3 Å². The number of carbonyl (C=O) groups is 2. The minimum Gasteiger partial charge on any atom is -0.442 e. The number of piperidine rings is 1. The molecule has 214 valence electrons. The lowest BCUT2D eigenvalue weighted by Crippen LogP contribution is -2.36. The summed E-state index contributed by atoms with van der Waals surface area (Å²) >= 11 is 0. The third kappa shape index (κ3) is 6.10. The van der Waals surface area contributed by atoms with E-state index < -0.39 is 0 Å². The van der Waals surface area contributed by atoms with Crippen LogP contribution in [0.2, 0.25) is 0 Å². The van der Waals surface area contributed by atoms with Gasteiger partial charge >= 0.3 is 0 Å². The third-order valence-corrected chi connectivity index (χ3v) is 8.81. The van der Waals surface area contributed by atoms with Gasteiger partial charge in [0.05, 0.1) is 17.9 Å². The summed E-state index contributed by atoms with van der Waals surface area (Å²) in [5.74, 6) is 1.42. The lowest BCUT2D eigenvalue weighted by Gasteiger charge is -2.30. The molecule has 1 aliphatic heterocycles. The summed E-state index contributed by atoms with van der Waals surface area (Å²) < 4.78 is 11.4. The number of carbonyl (C=O) groups excluding carboxylic acids is 2. The van der Waals surface area contributed by atoms with E-state index in [1.165, 1.54) is 12.5 Å². The van der Waals surface area contributed by atoms with E-state index in [1.807, 2.05) is 25.1 Å². The number of benzene rings is 1. The molecule has 1 aliphatic carbocycles. The Bertz CT molecular complexity index is 1520. The molecular formula is C32H37N5O4. The number of Topliss-reactive ketones (excluding diaryl/α,β-unsaturated/α-hetero) is 1. The van der Waals surface area contributed by atoms with Crippen molar-refractivity contribution in [1.29, 1.82) is 0 Å². The predicted molar refractivity (Wildman–Crippen MR) is 154 cm³/mol. The highest BCUT2D eigenvalue weighted by atomic mass is 16.4. The number of likely N-dealkylation sites (tertiary alicyclic amines) is 1. The summed E-state index contributed by atoms with van der Waals surface area (Å²) in [6.07, 6.45) is 11.2. The molecule has 9 nitrogen and oxygen atoms in total. The van der Waals surface area contributed by atoms with Crippen molar-refractivity contribution in [3.63, 3.8) is 0 Å². The van der Waals surface area contributed by atoms with Crippen LogP contribution in [0.25, 0.3) is 22.2 Å². The van der Waals surface area contributed by atoms with Crippen molar-refractivity contribution in [2.75, 3.05) is 20.1 Å². The molecule has 9 heteroatoms. The Morgan fingerprint density at radius 2 is 1.98 bits per heavy atom. The second-order valence-corrected chi connectivity index (χ2v) is 11.8. The first-order chi connectivity index (χ1) is 19.9. The van der Waals surface area contributed by atoms with Crippen molar-refractivity contribution in [1.82, 2.24) is 25.2 Å². The standard InChI is InChI=1S/C32H37N5O4/c1-21-8-9-22-18-23(10-11-25(22)35-21)28-20-34-30(41-28)26(6-4-3-5-7-27(38)31-33-14-17-40-31)36-29(39)24-19-32(24)12-15-37(2)16-13-32/h8-11,14,17-18,20,24,26H,3-7,12-13,15-16,19H2,1-2H3,(H,36,39)/t24-,26+/m1/s1. The summed E-state index contributed by atoms with van der Waals surface area (Å²) in [6, 6.07) is 9.77. The monoisotopic (exact) mass is 555 g/mol. The number of hydrogen-bond donors (Lipinski definition) is 1. The fourth-order valence-electron chi connectivity index (χ4n) is 6.11. The minimum atomic E-state index is -0.327. The number of amides is 1. The summed E-state index contributed by atoms with van der Waals surface area (Å²) in [5, 5.41) is 4.32. The van der Waals surface area contributed by atoms with Crippen LogP contribution in [0.3, 0.4) is 0 Å². The molecule has 2 fully saturated rings. The molecule has 3 aromatic heterocycles. The van der Waals surface area contributed by atoms with Gasteiger partial charge in [0.25, 0.3) is 5.89 Å². The van der Waals surface area contributed by atoms with Gasteiger partial charge in [-0.25, -0.2) is 9.97 Å². The molecule has 1 saturated heterocycles. The van der Waals surface area contributed by atoms with Crippen LogP contribution in [-0.2, 0) is 4.79 Å². The Morgan fingerprint density at radius 1 is 1.12 bits per heavy atom. The molecule has 41 heavy (non-hydrogen) atoms. The summed E-state index contributed by atoms with van der Waals surface area (Å²) in [4.78, 5) is 41.1. The topological polar surface area (TPSA) is 114 Å². The fraction of sp³-hybridized carbons (Fsp3) is 0.469. The smallest absolute Gasteiger partial charge is 0.263 e. The molecule has 1 amide bonds. The summed E-state index contributed by atoms with van der Waals surface area (Å²) in [5.41, 5.74) is 2.99. The van der Waals surface area contributed by atoms with Crippen LogP contribution in [0.4, 0.5) is 0 Å². The molecule has 2 atom stereocenters. The third-order valence-electron chi connectivity index (χ3n) is 8.81. The van der Waals surface area contributed by atoms with Crippen molar-refractivity contribution in [2.45, 2.75) is 64.3 Å². The largest absolute Gasteiger partial charge is 0.442 e. The Morgan fingerprint density at radius 3 is 2.78 bits per heavy atom. The first-order valence-electron chi connectivity index (χ1n) is 14.7. The number of rotatable bonds is 11. The van der Waals surface area contributed by atoms with Crippen LogP contribution < -0.4 is 5.32 Å². The maximum atomic E-state index is 13.4. The minimum absolute atomic E-state index is 0.0583. The van der Waals surface area contributed by atoms with Gasteiger partial charge < -0.3 is 19.1 Å². The van der Waals surface area contributed by atoms with E-state index in [4.69, 9.17) is 8.83 Å². The molecule has 0 radical (unpaired) electrons. The average molecular weight is 556 g/mol. The lowest BCUT2D eigenvalue weighted by atomic mass is 9.91. The van der Waals surface area contributed by atoms with E-state index in [0.29, 0.717) is 24.5 Å². The van der Waals surface area contributed by atoms with Crippen LogP contribution in [0.15, 0.2) is 57.8 Å². The number of ketones is 1. The van der Waals surface area contributed by atoms with Gasteiger partial charge in [0.15, 0.2) is 5.76 Å². The van der Waals surface area contributed by atoms with Gasteiger partial charge in [-0.15, -0.1) is 0 Å². The van der Waals surface area contributed by atoms with Crippen molar-refractivity contribution >= 4 is 22.6 Å². The van der Waals surface area contributed by atoms with Gasteiger partial charge in [-0.1, -0.05) is 18.9 Å². The summed E-state index contributed by atoms with van der Waals surface area (Å²) in [6.45, 7) is 4.07. The van der Waals surface area contributed by atoms with E-state index in [2.05, 4.69) is 44.3 Å². The number of nitrogens with one attached hydrogen (secondary N) is 1. The Kier molecular flexibility index (Phi) is 7.71. The van der Waals surface area contributed by atoms with Gasteiger partial charge in [-0.3, -0.25) is 14.6 Å². The number of pyridine rings is 1. The van der Waals surface area contributed by atoms with Gasteiger partial charge in [0.2, 0.25) is 17.6 Å². The summed E-state index contributed by atoms with van der Waals surface area (Å²) in [7, 11) is 2.15. The van der Waals surface area contributed by atoms with Gasteiger partial charge in [0, 0.05) is 29.0 Å². The predicted octanol–water partition coefficient (Wildman–Crippen LogP) is 5.91. The van der Waals surface area contributed by atoms with Crippen LogP contribution in [0, 0.1) is 18.3 Å². The van der Waals surface area contributed by atoms with E-state index in [-0.39, 0.29) is 35.0 Å². The first kappa shape index (κ1) is 27.3. The Hall–Kier alpha value is -3.85. The van der Waals surface area contributed by atoms with Gasteiger partial charge in [-0.2, -0.15) is 0 Å². The van der Waals surface area contributed by atoms with E-state index in [0.717, 1.165) is 73.8 Å². The van der Waals surface area contributed by atoms with E-state index >= 15 is 0 Å². The van der Waals surface area contributed by atoms with E-state index in [1.54, 1.807) is 6.20 Å². The number of fused-ring (bicyclic) bond motifs is 1. The Balaban J connectivity index is 1.13. The van der Waals surface area contributed by atoms with Crippen molar-refractivity contribution in [2.24, 2.45) is 11.3 Å². The first-order valence-corrected chi connectivity index (χ1v) is 14.7. The molecule has 1 N–H and O–H groups in total. The van der Waals surface area contributed by atoms with Crippen molar-refractivity contribution < 1.29 is 18.4 Å². The zero-order valence-corrected chi connectivity index (χ0v) is 23.8. The molecule has 2 aliphatic rings. The second-order valence-electron chi connectivity index (χ2n) is 11.8. The van der Waals surface area contributed by atoms with Gasteiger partial charge in [0.1, 0.15) is 12.3 Å². The normalized spacial score (nSPS) is 18.9. The zero-order chi connectivity index (χ0) is 28.4. The molecule has 4 aromatic rings.